The molecule has 0 aliphatic carbocycles. The molecule has 7 nitrogen and oxygen atoms in total. The summed E-state index contributed by atoms with van der Waals surface area (Å²) in [6, 6.07) is 7.81. The van der Waals surface area contributed by atoms with E-state index < -0.39 is 20.6 Å². The van der Waals surface area contributed by atoms with Crippen molar-refractivity contribution in [2.24, 2.45) is 0 Å². The highest BCUT2D eigenvalue weighted by Gasteiger charge is 2.29. The van der Waals surface area contributed by atoms with Gasteiger partial charge in [0.05, 0.1) is 23.9 Å². The highest BCUT2D eigenvalue weighted by atomic mass is 35.5. The van der Waals surface area contributed by atoms with Gasteiger partial charge in [-0.3, -0.25) is 4.79 Å². The van der Waals surface area contributed by atoms with Gasteiger partial charge in [0.15, 0.2) is 11.9 Å². The summed E-state index contributed by atoms with van der Waals surface area (Å²) >= 11 is 6.42. The minimum atomic E-state index is -1.66. The molecule has 1 atom stereocenters. The zero-order chi connectivity index (χ0) is 30.3. The molecule has 9 heteroatoms. The average molecular weight is 596 g/mol. The van der Waals surface area contributed by atoms with E-state index in [2.05, 4.69) is 59.0 Å². The van der Waals surface area contributed by atoms with Gasteiger partial charge in [0, 0.05) is 17.2 Å². The molecule has 0 saturated heterocycles. The lowest BCUT2D eigenvalue weighted by atomic mass is 9.76. The number of ether oxygens (including phenoxy) is 1. The van der Waals surface area contributed by atoms with Crippen LogP contribution < -0.4 is 14.6 Å². The van der Waals surface area contributed by atoms with Crippen molar-refractivity contribution in [3.63, 3.8) is 0 Å². The van der Waals surface area contributed by atoms with E-state index in [1.165, 1.54) is 11.6 Å². The number of hydrogen-bond donors (Lipinski definition) is 2. The average Bonchev–Trinajstić information content (AvgIpc) is 2.93. The lowest BCUT2D eigenvalue weighted by Gasteiger charge is -2.31. The second kappa shape index (κ2) is 14.7. The van der Waals surface area contributed by atoms with Crippen molar-refractivity contribution >= 4 is 31.8 Å². The molecule has 2 rings (SSSR count). The summed E-state index contributed by atoms with van der Waals surface area (Å²) in [5.41, 5.74) is 2.80. The number of phenols is 1. The Labute approximate surface area is 246 Å². The summed E-state index contributed by atoms with van der Waals surface area (Å²) in [4.78, 5) is 13.5. The minimum absolute atomic E-state index is 0.0192. The van der Waals surface area contributed by atoms with E-state index in [0.29, 0.717) is 36.7 Å². The first-order valence-corrected chi connectivity index (χ1v) is 15.6. The quantitative estimate of drug-likeness (QED) is 0.158. The van der Waals surface area contributed by atoms with Crippen LogP contribution in [0, 0.1) is 6.92 Å². The van der Waals surface area contributed by atoms with Crippen LogP contribution in [0.1, 0.15) is 98.3 Å². The normalized spacial score (nSPS) is 12.9. The van der Waals surface area contributed by atoms with E-state index >= 15 is 0 Å². The third-order valence-electron chi connectivity index (χ3n) is 7.53. The molecule has 40 heavy (non-hydrogen) atoms. The largest absolute Gasteiger partial charge is 0.504 e. The van der Waals surface area contributed by atoms with Crippen LogP contribution in [0.4, 0.5) is 5.69 Å². The molecule has 0 aromatic heterocycles. The molecule has 0 bridgehead atoms. The van der Waals surface area contributed by atoms with E-state index in [4.69, 9.17) is 29.9 Å². The van der Waals surface area contributed by atoms with Crippen LogP contribution in [0.15, 0.2) is 24.3 Å². The first-order valence-electron chi connectivity index (χ1n) is 14.1. The van der Waals surface area contributed by atoms with Crippen LogP contribution in [0.3, 0.4) is 0 Å². The van der Waals surface area contributed by atoms with Crippen molar-refractivity contribution in [2.75, 3.05) is 18.5 Å². The third kappa shape index (κ3) is 8.25. The van der Waals surface area contributed by atoms with Crippen LogP contribution in [0.25, 0.3) is 0 Å². The zero-order valence-electron chi connectivity index (χ0n) is 25.7. The number of benzene rings is 2. The first-order chi connectivity index (χ1) is 18.8. The molecular weight excluding hydrogens is 549 g/mol. The van der Waals surface area contributed by atoms with Gasteiger partial charge in [-0.2, -0.15) is 0 Å². The smallest absolute Gasteiger partial charge is 0.397 e. The molecule has 224 valence electrons. The summed E-state index contributed by atoms with van der Waals surface area (Å²) in [5.74, 6) is 0.379. The second-order valence-corrected chi connectivity index (χ2v) is 12.6. The van der Waals surface area contributed by atoms with E-state index in [0.717, 1.165) is 18.4 Å². The number of carbonyl (C=O) groups is 1. The Kier molecular flexibility index (Phi) is 12.6. The fourth-order valence-corrected chi connectivity index (χ4v) is 5.10. The first kappa shape index (κ1) is 34.2. The number of halogens is 1. The molecule has 0 radical (unpaired) electrons. The SMILES string of the molecule is CCOP(OCC)Oc1cc(NC(=O)C(CC)Oc2ccc(C(C)(C)CC)cc2C(C)(C)CC)c(O)c(Cl)c1C. The molecular formula is C31H47ClNO6P. The highest BCUT2D eigenvalue weighted by Crippen LogP contribution is 2.47. The van der Waals surface area contributed by atoms with Crippen LogP contribution in [-0.2, 0) is 24.7 Å². The summed E-state index contributed by atoms with van der Waals surface area (Å²) in [6.45, 7) is 21.3. The lowest BCUT2D eigenvalue weighted by Crippen LogP contribution is -2.33. The van der Waals surface area contributed by atoms with Gasteiger partial charge in [0.25, 0.3) is 5.91 Å². The lowest BCUT2D eigenvalue weighted by molar-refractivity contribution is -0.122. The van der Waals surface area contributed by atoms with Gasteiger partial charge in [-0.05, 0) is 62.5 Å². The predicted octanol–water partition coefficient (Wildman–Crippen LogP) is 9.20. The molecule has 0 saturated carbocycles. The van der Waals surface area contributed by atoms with Crippen molar-refractivity contribution < 1.29 is 28.2 Å². The summed E-state index contributed by atoms with van der Waals surface area (Å²) in [6.07, 6.45) is 1.53. The Balaban J connectivity index is 2.40. The number of rotatable bonds is 15. The molecule has 2 aromatic rings. The van der Waals surface area contributed by atoms with Crippen LogP contribution in [-0.4, -0.2) is 30.3 Å². The Morgan fingerprint density at radius 1 is 0.975 bits per heavy atom. The van der Waals surface area contributed by atoms with Crippen LogP contribution in [0.5, 0.6) is 17.2 Å². The monoisotopic (exact) mass is 595 g/mol. The second-order valence-electron chi connectivity index (χ2n) is 11.1. The standard InChI is InChI=1S/C31H47ClNO6P/c1-11-24(38-25-17-16-21(30(7,8)12-2)18-22(25)31(9,10)13-3)29(35)33-23-19-26(20(6)27(32)28(23)34)39-40(36-14-4)37-15-5/h16-19,24,34H,11-15H2,1-10H3,(H,33,35). The molecule has 1 unspecified atom stereocenters. The maximum Gasteiger partial charge on any atom is 0.397 e. The Morgan fingerprint density at radius 3 is 2.10 bits per heavy atom. The van der Waals surface area contributed by atoms with Crippen molar-refractivity contribution in [1.29, 1.82) is 0 Å². The van der Waals surface area contributed by atoms with Gasteiger partial charge < -0.3 is 28.7 Å². The van der Waals surface area contributed by atoms with Gasteiger partial charge in [-0.15, -0.1) is 0 Å². The topological polar surface area (TPSA) is 86.2 Å². The molecule has 0 aliphatic heterocycles. The fourth-order valence-electron chi connectivity index (χ4n) is 3.95. The molecule has 2 N–H and O–H groups in total. The number of nitrogens with one attached hydrogen (secondary N) is 1. The van der Waals surface area contributed by atoms with Gasteiger partial charge in [0.1, 0.15) is 11.5 Å². The fraction of sp³-hybridized carbons (Fsp3) is 0.581. The summed E-state index contributed by atoms with van der Waals surface area (Å²) < 4.78 is 23.4. The molecule has 0 heterocycles. The molecule has 0 aliphatic rings. The van der Waals surface area contributed by atoms with E-state index in [9.17, 15) is 9.90 Å². The number of anilines is 1. The van der Waals surface area contributed by atoms with Gasteiger partial charge in [-0.1, -0.05) is 72.2 Å². The Morgan fingerprint density at radius 2 is 1.57 bits per heavy atom. The number of hydrogen-bond acceptors (Lipinski definition) is 6. The Bertz CT molecular complexity index is 1150. The highest BCUT2D eigenvalue weighted by molar-refractivity contribution is 7.42. The Hall–Kier alpha value is -2.05. The number of aromatic hydroxyl groups is 1. The van der Waals surface area contributed by atoms with Gasteiger partial charge in [-0.25, -0.2) is 0 Å². The van der Waals surface area contributed by atoms with Gasteiger partial charge in [0.2, 0.25) is 0 Å². The van der Waals surface area contributed by atoms with Crippen LogP contribution in [0.2, 0.25) is 5.02 Å². The maximum atomic E-state index is 13.5. The number of phenolic OH excluding ortho intramolecular Hbond substituents is 1. The summed E-state index contributed by atoms with van der Waals surface area (Å²) in [5, 5.41) is 13.6. The van der Waals surface area contributed by atoms with Crippen LogP contribution >= 0.6 is 20.2 Å². The minimum Gasteiger partial charge on any atom is -0.504 e. The van der Waals surface area contributed by atoms with Crippen molar-refractivity contribution in [3.8, 4) is 17.2 Å². The number of amides is 1. The molecule has 2 aromatic carbocycles. The van der Waals surface area contributed by atoms with Crippen molar-refractivity contribution in [3.05, 3.63) is 46.0 Å². The maximum absolute atomic E-state index is 13.5. The number of carbonyl (C=O) groups excluding carboxylic acids is 1. The molecule has 1 amide bonds. The van der Waals surface area contributed by atoms with E-state index in [1.807, 2.05) is 26.8 Å². The molecule has 0 spiro atoms. The van der Waals surface area contributed by atoms with E-state index in [-0.39, 0.29) is 27.3 Å². The third-order valence-corrected chi connectivity index (χ3v) is 9.27. The van der Waals surface area contributed by atoms with E-state index in [1.54, 1.807) is 6.92 Å². The summed E-state index contributed by atoms with van der Waals surface area (Å²) in [7, 11) is -1.66. The van der Waals surface area contributed by atoms with Gasteiger partial charge >= 0.3 is 8.60 Å². The predicted molar refractivity (Wildman–Crippen MR) is 165 cm³/mol. The van der Waals surface area contributed by atoms with Crippen molar-refractivity contribution in [2.45, 2.75) is 105 Å². The molecule has 0 fully saturated rings. The zero-order valence-corrected chi connectivity index (χ0v) is 27.4. The van der Waals surface area contributed by atoms with Crippen molar-refractivity contribution in [1.82, 2.24) is 0 Å².